The Morgan fingerprint density at radius 2 is 0.925 bits per heavy atom. The van der Waals surface area contributed by atoms with E-state index in [4.69, 9.17) is 19.1 Å². The van der Waals surface area contributed by atoms with E-state index in [1.54, 1.807) is 0 Å². The predicted octanol–water partition coefficient (Wildman–Crippen LogP) is 11.2. The molecule has 0 heterocycles. The fraction of sp³-hybridized carbons (Fsp3) is 0.905. The highest BCUT2D eigenvalue weighted by molar-refractivity contribution is 7.47. The number of phosphoric ester groups is 1. The first-order valence-electron chi connectivity index (χ1n) is 21.6. The van der Waals surface area contributed by atoms with Gasteiger partial charge in [-0.15, -0.1) is 0 Å². The van der Waals surface area contributed by atoms with Gasteiger partial charge in [-0.3, -0.25) is 18.6 Å². The smallest absolute Gasteiger partial charge is 0.462 e. The molecule has 3 N–H and O–H groups in total. The molecule has 0 saturated heterocycles. The number of phosphoric acid groups is 1. The molecule has 0 aromatic heterocycles. The second-order valence-corrected chi connectivity index (χ2v) is 16.2. The Labute approximate surface area is 324 Å². The van der Waals surface area contributed by atoms with Gasteiger partial charge < -0.3 is 24.6 Å². The van der Waals surface area contributed by atoms with Crippen molar-refractivity contribution in [2.75, 3.05) is 26.4 Å². The monoisotopic (exact) mass is 777 g/mol. The van der Waals surface area contributed by atoms with Gasteiger partial charge in [-0.25, -0.2) is 4.57 Å². The summed E-state index contributed by atoms with van der Waals surface area (Å²) in [6, 6.07) is 0. The predicted molar refractivity (Wildman–Crippen MR) is 215 cm³/mol. The third-order valence-electron chi connectivity index (χ3n) is 9.42. The highest BCUT2D eigenvalue weighted by Gasteiger charge is 2.27. The van der Waals surface area contributed by atoms with Crippen LogP contribution in [-0.4, -0.2) is 65.7 Å². The molecule has 1 unspecified atom stereocenters. The molecule has 0 spiro atoms. The summed E-state index contributed by atoms with van der Waals surface area (Å²) in [7, 11) is -4.61. The zero-order valence-corrected chi connectivity index (χ0v) is 34.9. The topological polar surface area (TPSA) is 149 Å². The Balaban J connectivity index is 4.28. The van der Waals surface area contributed by atoms with Crippen LogP contribution in [0.25, 0.3) is 0 Å². The van der Waals surface area contributed by atoms with Crippen LogP contribution in [-0.2, 0) is 32.7 Å². The minimum Gasteiger partial charge on any atom is -0.462 e. The van der Waals surface area contributed by atoms with E-state index in [0.29, 0.717) is 12.8 Å². The van der Waals surface area contributed by atoms with Crippen molar-refractivity contribution >= 4 is 19.8 Å². The third kappa shape index (κ3) is 38.8. The van der Waals surface area contributed by atoms with Crippen LogP contribution in [0.4, 0.5) is 0 Å². The van der Waals surface area contributed by atoms with Crippen molar-refractivity contribution < 1.29 is 47.8 Å². The minimum absolute atomic E-state index is 0.178. The van der Waals surface area contributed by atoms with Crippen LogP contribution in [0.1, 0.15) is 206 Å². The Bertz CT molecular complexity index is 899. The summed E-state index contributed by atoms with van der Waals surface area (Å²) < 4.78 is 32.7. The van der Waals surface area contributed by atoms with Crippen molar-refractivity contribution in [3.63, 3.8) is 0 Å². The van der Waals surface area contributed by atoms with Gasteiger partial charge in [0.05, 0.1) is 19.8 Å². The standard InChI is InChI=1S/C42H81O10P/c1-3-5-7-9-11-13-15-17-19-21-23-25-27-29-31-33-41(45)49-37-40(38-51-53(47,48)50-36-39(44)35-43)52-42(46)34-32-30-28-26-24-22-20-18-16-14-12-10-8-6-4-2/h18,20,39-40,43-44H,3-17,19,21-38H2,1-2H3,(H,47,48)/b20-18-/t39-,40-/m1/s1. The maximum atomic E-state index is 12.6. The van der Waals surface area contributed by atoms with Gasteiger partial charge in [0.2, 0.25) is 0 Å². The van der Waals surface area contributed by atoms with E-state index in [2.05, 4.69) is 30.5 Å². The van der Waals surface area contributed by atoms with Gasteiger partial charge in [-0.1, -0.05) is 167 Å². The SMILES string of the molecule is CCCCCCCC/C=C\CCCCCCCC(=O)O[C@H](COC(=O)CCCCCCCCCCCCCCCCC)COP(=O)(O)OC[C@H](O)CO. The van der Waals surface area contributed by atoms with Gasteiger partial charge >= 0.3 is 19.8 Å². The van der Waals surface area contributed by atoms with Gasteiger partial charge in [-0.05, 0) is 38.5 Å². The summed E-state index contributed by atoms with van der Waals surface area (Å²) in [5.74, 6) is -0.924. The largest absolute Gasteiger partial charge is 0.472 e. The molecule has 11 heteroatoms. The summed E-state index contributed by atoms with van der Waals surface area (Å²) in [6.45, 7) is 2.39. The van der Waals surface area contributed by atoms with Crippen LogP contribution in [0.15, 0.2) is 12.2 Å². The van der Waals surface area contributed by atoms with Crippen LogP contribution < -0.4 is 0 Å². The lowest BCUT2D eigenvalue weighted by Crippen LogP contribution is -2.29. The summed E-state index contributed by atoms with van der Waals surface area (Å²) in [6.07, 6.45) is 36.0. The molecule has 53 heavy (non-hydrogen) atoms. The first-order valence-corrected chi connectivity index (χ1v) is 23.1. The van der Waals surface area contributed by atoms with Crippen LogP contribution in [0, 0.1) is 0 Å². The van der Waals surface area contributed by atoms with Gasteiger partial charge in [0.25, 0.3) is 0 Å². The Kier molecular flexibility index (Phi) is 38.0. The third-order valence-corrected chi connectivity index (χ3v) is 10.4. The molecule has 314 valence electrons. The lowest BCUT2D eigenvalue weighted by molar-refractivity contribution is -0.161. The lowest BCUT2D eigenvalue weighted by atomic mass is 10.0. The number of hydrogen-bond donors (Lipinski definition) is 3. The van der Waals surface area contributed by atoms with Crippen molar-refractivity contribution in [3.05, 3.63) is 12.2 Å². The lowest BCUT2D eigenvalue weighted by Gasteiger charge is -2.20. The normalized spacial score (nSPS) is 14.0. The average molecular weight is 777 g/mol. The summed E-state index contributed by atoms with van der Waals surface area (Å²) in [5.41, 5.74) is 0. The number of hydrogen-bond acceptors (Lipinski definition) is 9. The first kappa shape index (κ1) is 51.7. The molecule has 0 aliphatic carbocycles. The number of aliphatic hydroxyl groups is 2. The summed E-state index contributed by atoms with van der Waals surface area (Å²) in [4.78, 5) is 34.9. The van der Waals surface area contributed by atoms with Crippen molar-refractivity contribution in [3.8, 4) is 0 Å². The molecule has 0 radical (unpaired) electrons. The fourth-order valence-electron chi connectivity index (χ4n) is 6.05. The number of ether oxygens (including phenoxy) is 2. The summed E-state index contributed by atoms with van der Waals surface area (Å²) >= 11 is 0. The number of unbranched alkanes of at least 4 members (excludes halogenated alkanes) is 25. The number of esters is 2. The van der Waals surface area contributed by atoms with E-state index in [-0.39, 0.29) is 19.4 Å². The molecule has 0 saturated carbocycles. The minimum atomic E-state index is -4.61. The van der Waals surface area contributed by atoms with Crippen LogP contribution >= 0.6 is 7.82 Å². The molecule has 0 amide bonds. The highest BCUT2D eigenvalue weighted by Crippen LogP contribution is 2.43. The zero-order valence-electron chi connectivity index (χ0n) is 34.0. The number of carbonyl (C=O) groups is 2. The second kappa shape index (κ2) is 39.0. The van der Waals surface area contributed by atoms with E-state index in [9.17, 15) is 24.2 Å². The molecular formula is C42H81O10P. The van der Waals surface area contributed by atoms with Gasteiger partial charge in [0.1, 0.15) is 12.7 Å². The molecule has 0 aliphatic heterocycles. The van der Waals surface area contributed by atoms with E-state index >= 15 is 0 Å². The number of carbonyl (C=O) groups excluding carboxylic acids is 2. The molecule has 0 fully saturated rings. The molecule has 0 aromatic carbocycles. The van der Waals surface area contributed by atoms with E-state index in [1.165, 1.54) is 109 Å². The van der Waals surface area contributed by atoms with Crippen molar-refractivity contribution in [1.29, 1.82) is 0 Å². The Morgan fingerprint density at radius 1 is 0.547 bits per heavy atom. The van der Waals surface area contributed by atoms with E-state index in [1.807, 2.05) is 0 Å². The molecule has 0 aliphatic rings. The summed E-state index contributed by atoms with van der Waals surface area (Å²) in [5, 5.41) is 18.3. The highest BCUT2D eigenvalue weighted by atomic mass is 31.2. The van der Waals surface area contributed by atoms with Crippen LogP contribution in [0.5, 0.6) is 0 Å². The maximum absolute atomic E-state index is 12.6. The first-order chi connectivity index (χ1) is 25.7. The van der Waals surface area contributed by atoms with Gasteiger partial charge in [-0.2, -0.15) is 0 Å². The van der Waals surface area contributed by atoms with Crippen molar-refractivity contribution in [2.45, 2.75) is 219 Å². The molecule has 0 bridgehead atoms. The zero-order chi connectivity index (χ0) is 39.1. The quantitative estimate of drug-likeness (QED) is 0.0237. The molecule has 0 rings (SSSR count). The van der Waals surface area contributed by atoms with Gasteiger partial charge in [0.15, 0.2) is 6.10 Å². The van der Waals surface area contributed by atoms with Crippen molar-refractivity contribution in [1.82, 2.24) is 0 Å². The number of aliphatic hydroxyl groups excluding tert-OH is 2. The van der Waals surface area contributed by atoms with E-state index in [0.717, 1.165) is 57.8 Å². The maximum Gasteiger partial charge on any atom is 0.472 e. The van der Waals surface area contributed by atoms with E-state index < -0.39 is 51.8 Å². The number of rotatable bonds is 41. The molecule has 0 aromatic rings. The molecule has 3 atom stereocenters. The van der Waals surface area contributed by atoms with Crippen molar-refractivity contribution in [2.24, 2.45) is 0 Å². The van der Waals surface area contributed by atoms with Gasteiger partial charge in [0, 0.05) is 12.8 Å². The fourth-order valence-corrected chi connectivity index (χ4v) is 6.84. The average Bonchev–Trinajstić information content (AvgIpc) is 3.14. The Hall–Kier alpha value is -1.29. The molecular weight excluding hydrogens is 695 g/mol. The van der Waals surface area contributed by atoms with Crippen LogP contribution in [0.3, 0.4) is 0 Å². The second-order valence-electron chi connectivity index (χ2n) is 14.7. The molecule has 10 nitrogen and oxygen atoms in total. The Morgan fingerprint density at radius 3 is 1.36 bits per heavy atom. The van der Waals surface area contributed by atoms with Crippen LogP contribution in [0.2, 0.25) is 0 Å². The number of allylic oxidation sites excluding steroid dienone is 2.